The summed E-state index contributed by atoms with van der Waals surface area (Å²) in [5.41, 5.74) is 1.54. The monoisotopic (exact) mass is 431 g/mol. The molecule has 1 aliphatic rings. The molecule has 6 nitrogen and oxygen atoms in total. The first kappa shape index (κ1) is 20.8. The van der Waals surface area contributed by atoms with Gasteiger partial charge >= 0.3 is 11.9 Å². The van der Waals surface area contributed by atoms with Gasteiger partial charge in [-0.25, -0.2) is 4.79 Å². The average Bonchev–Trinajstić information content (AvgIpc) is 3.11. The maximum atomic E-state index is 12.7. The first-order valence-corrected chi connectivity index (χ1v) is 9.82. The van der Waals surface area contributed by atoms with Crippen LogP contribution in [0.25, 0.3) is 11.1 Å². The Morgan fingerprint density at radius 3 is 2.52 bits per heavy atom. The number of allylic oxidation sites excluding steroid dienone is 1. The highest BCUT2D eigenvalue weighted by atomic mass is 19.4. The maximum Gasteiger partial charge on any atom is 0.417 e. The lowest BCUT2D eigenvalue weighted by atomic mass is 9.96. The number of rotatable bonds is 4. The van der Waals surface area contributed by atoms with E-state index in [0.29, 0.717) is 29.9 Å². The third-order valence-electron chi connectivity index (χ3n) is 5.31. The minimum absolute atomic E-state index is 0.210. The van der Waals surface area contributed by atoms with Gasteiger partial charge in [0.2, 0.25) is 5.91 Å². The van der Waals surface area contributed by atoms with Crippen molar-refractivity contribution in [3.8, 4) is 0 Å². The van der Waals surface area contributed by atoms with Crippen molar-refractivity contribution in [3.63, 3.8) is 0 Å². The molecule has 162 valence electrons. The topological polar surface area (TPSA) is 78.3 Å². The molecule has 2 aromatic carbocycles. The molecule has 1 aliphatic heterocycles. The number of fused-ring (bicyclic) bond motifs is 1. The van der Waals surface area contributed by atoms with Gasteiger partial charge in [0.15, 0.2) is 5.58 Å². The van der Waals surface area contributed by atoms with Crippen LogP contribution < -0.4 is 16.0 Å². The third kappa shape index (κ3) is 4.99. The summed E-state index contributed by atoms with van der Waals surface area (Å²) in [6.07, 6.45) is 0.596. The fourth-order valence-electron chi connectivity index (χ4n) is 3.64. The van der Waals surface area contributed by atoms with Crippen molar-refractivity contribution in [3.05, 3.63) is 70.7 Å². The Hall–Kier alpha value is -3.49. The van der Waals surface area contributed by atoms with Crippen LogP contribution in [0.2, 0.25) is 0 Å². The Labute approximate surface area is 175 Å². The van der Waals surface area contributed by atoms with Crippen molar-refractivity contribution in [1.82, 2.24) is 4.98 Å². The van der Waals surface area contributed by atoms with Crippen LogP contribution in [-0.2, 0) is 11.0 Å². The molecule has 0 saturated carbocycles. The molecule has 9 heteroatoms. The number of nitrogens with one attached hydrogen (secondary N) is 2. The molecule has 2 N–H and O–H groups in total. The fourth-order valence-corrected chi connectivity index (χ4v) is 3.64. The predicted octanol–water partition coefficient (Wildman–Crippen LogP) is 4.55. The first-order valence-electron chi connectivity index (χ1n) is 9.82. The average molecular weight is 431 g/mol. The molecule has 0 bridgehead atoms. The highest BCUT2D eigenvalue weighted by molar-refractivity contribution is 6.00. The molecule has 0 spiro atoms. The van der Waals surface area contributed by atoms with Gasteiger partial charge in [-0.1, -0.05) is 6.08 Å². The second kappa shape index (κ2) is 8.33. The van der Waals surface area contributed by atoms with Gasteiger partial charge in [-0.15, -0.1) is 0 Å². The van der Waals surface area contributed by atoms with Gasteiger partial charge in [-0.05, 0) is 61.2 Å². The van der Waals surface area contributed by atoms with E-state index in [1.165, 1.54) is 18.2 Å². The Morgan fingerprint density at radius 1 is 1.13 bits per heavy atom. The lowest BCUT2D eigenvalue weighted by molar-refractivity contribution is -0.137. The van der Waals surface area contributed by atoms with E-state index in [4.69, 9.17) is 4.42 Å². The molecule has 3 aromatic rings. The normalized spacial score (nSPS) is 15.6. The van der Waals surface area contributed by atoms with E-state index in [1.54, 1.807) is 18.2 Å². The van der Waals surface area contributed by atoms with Crippen LogP contribution in [0.5, 0.6) is 0 Å². The van der Waals surface area contributed by atoms with Crippen molar-refractivity contribution in [2.24, 2.45) is 5.92 Å². The van der Waals surface area contributed by atoms with E-state index >= 15 is 0 Å². The Balaban J connectivity index is 1.29. The minimum Gasteiger partial charge on any atom is -0.408 e. The van der Waals surface area contributed by atoms with E-state index in [1.807, 2.05) is 11.0 Å². The summed E-state index contributed by atoms with van der Waals surface area (Å²) in [4.78, 5) is 28.0. The number of carbonyl (C=O) groups is 1. The molecule has 0 radical (unpaired) electrons. The summed E-state index contributed by atoms with van der Waals surface area (Å²) in [5, 5.41) is 2.73. The number of piperidine rings is 1. The summed E-state index contributed by atoms with van der Waals surface area (Å²) >= 11 is 0. The number of H-pyrrole nitrogens is 1. The number of alkyl halides is 3. The minimum atomic E-state index is -4.34. The summed E-state index contributed by atoms with van der Waals surface area (Å²) in [6, 6.07) is 10.1. The highest BCUT2D eigenvalue weighted by Crippen LogP contribution is 2.31. The van der Waals surface area contributed by atoms with Crippen molar-refractivity contribution < 1.29 is 22.4 Å². The third-order valence-corrected chi connectivity index (χ3v) is 5.31. The highest BCUT2D eigenvalue weighted by Gasteiger charge is 2.30. The number of carbonyl (C=O) groups excluding carboxylic acids is 1. The van der Waals surface area contributed by atoms with Crippen LogP contribution in [-0.4, -0.2) is 24.0 Å². The number of halogens is 3. The molecule has 0 atom stereocenters. The van der Waals surface area contributed by atoms with Crippen LogP contribution >= 0.6 is 0 Å². The van der Waals surface area contributed by atoms with Crippen LogP contribution in [0, 0.1) is 5.92 Å². The maximum absolute atomic E-state index is 12.7. The molecule has 2 heterocycles. The zero-order valence-electron chi connectivity index (χ0n) is 16.4. The van der Waals surface area contributed by atoms with Crippen molar-refractivity contribution in [1.29, 1.82) is 0 Å². The number of amides is 1. The van der Waals surface area contributed by atoms with Crippen molar-refractivity contribution in [2.75, 3.05) is 23.3 Å². The summed E-state index contributed by atoms with van der Waals surface area (Å²) in [5.74, 6) is -0.634. The zero-order chi connectivity index (χ0) is 22.0. The second-order valence-corrected chi connectivity index (χ2v) is 7.44. The molecule has 1 amide bonds. The molecular weight excluding hydrogens is 411 g/mol. The molecule has 4 rings (SSSR count). The molecule has 1 fully saturated rings. The molecular formula is C22H20F3N3O3. The Morgan fingerprint density at radius 2 is 1.84 bits per heavy atom. The number of hydrogen-bond donors (Lipinski definition) is 2. The molecule has 1 saturated heterocycles. The van der Waals surface area contributed by atoms with Gasteiger partial charge in [0.1, 0.15) is 0 Å². The predicted molar refractivity (Wildman–Crippen MR) is 111 cm³/mol. The molecule has 0 unspecified atom stereocenters. The number of hydrogen-bond acceptors (Lipinski definition) is 4. The molecule has 1 aromatic heterocycles. The standard InChI is InChI=1S/C22H20F3N3O3/c23-22(24,25)15-2-5-17(6-3-15)28-11-9-14(10-12-28)1-8-20(29)26-16-4-7-18-19(13-16)31-21(30)27-18/h1-8,13-14H,9-12H2,(H,26,29)(H,27,30). The van der Waals surface area contributed by atoms with Crippen molar-refractivity contribution in [2.45, 2.75) is 19.0 Å². The summed E-state index contributed by atoms with van der Waals surface area (Å²) in [7, 11) is 0. The largest absolute Gasteiger partial charge is 0.417 e. The van der Waals surface area contributed by atoms with E-state index in [2.05, 4.69) is 10.3 Å². The van der Waals surface area contributed by atoms with Gasteiger partial charge < -0.3 is 14.6 Å². The zero-order valence-corrected chi connectivity index (χ0v) is 16.4. The molecule has 31 heavy (non-hydrogen) atoms. The SMILES string of the molecule is O=C(C=CC1CCN(c2ccc(C(F)(F)F)cc2)CC1)Nc1ccc2[nH]c(=O)oc2c1. The second-order valence-electron chi connectivity index (χ2n) is 7.44. The summed E-state index contributed by atoms with van der Waals surface area (Å²) in [6.45, 7) is 1.40. The van der Waals surface area contributed by atoms with Crippen LogP contribution in [0.3, 0.4) is 0 Å². The number of nitrogens with zero attached hydrogens (tertiary/aromatic N) is 1. The van der Waals surface area contributed by atoms with E-state index in [9.17, 15) is 22.8 Å². The van der Waals surface area contributed by atoms with Gasteiger partial charge in [-0.3, -0.25) is 9.78 Å². The van der Waals surface area contributed by atoms with Crippen LogP contribution in [0.4, 0.5) is 24.5 Å². The van der Waals surface area contributed by atoms with Gasteiger partial charge in [0, 0.05) is 30.5 Å². The number of aromatic nitrogens is 1. The van der Waals surface area contributed by atoms with E-state index < -0.39 is 17.5 Å². The van der Waals surface area contributed by atoms with Gasteiger partial charge in [0.25, 0.3) is 0 Å². The molecule has 0 aliphatic carbocycles. The fraction of sp³-hybridized carbons (Fsp3) is 0.273. The quantitative estimate of drug-likeness (QED) is 0.594. The summed E-state index contributed by atoms with van der Waals surface area (Å²) < 4.78 is 43.1. The van der Waals surface area contributed by atoms with Crippen LogP contribution in [0.1, 0.15) is 18.4 Å². The number of anilines is 2. The van der Waals surface area contributed by atoms with Crippen molar-refractivity contribution >= 4 is 28.4 Å². The Kier molecular flexibility index (Phi) is 5.58. The van der Waals surface area contributed by atoms with E-state index in [-0.39, 0.29) is 11.8 Å². The van der Waals surface area contributed by atoms with Gasteiger partial charge in [0.05, 0.1) is 11.1 Å². The number of benzene rings is 2. The van der Waals surface area contributed by atoms with Gasteiger partial charge in [-0.2, -0.15) is 13.2 Å². The van der Waals surface area contributed by atoms with E-state index in [0.717, 1.165) is 30.7 Å². The number of aromatic amines is 1. The lowest BCUT2D eigenvalue weighted by Gasteiger charge is -2.32. The smallest absolute Gasteiger partial charge is 0.408 e. The lowest BCUT2D eigenvalue weighted by Crippen LogP contribution is -2.33. The Bertz CT molecular complexity index is 1150. The number of oxazole rings is 1. The van der Waals surface area contributed by atoms with Crippen LogP contribution in [0.15, 0.2) is 63.8 Å². The first-order chi connectivity index (χ1) is 14.8.